The predicted octanol–water partition coefficient (Wildman–Crippen LogP) is 5.79. The summed E-state index contributed by atoms with van der Waals surface area (Å²) in [5.41, 5.74) is 1.23. The number of hydrogen-bond acceptors (Lipinski definition) is 2. The Morgan fingerprint density at radius 1 is 1.00 bits per heavy atom. The largest absolute Gasteiger partial charge is 0.478 e. The lowest BCUT2D eigenvalue weighted by Crippen LogP contribution is -2.51. The van der Waals surface area contributed by atoms with Crippen LogP contribution in [0.2, 0.25) is 5.02 Å². The van der Waals surface area contributed by atoms with Gasteiger partial charge in [0.15, 0.2) is 0 Å². The SMILES string of the molecule is O=C(NCC12CC3CC(CC(C3)C1)C2)c1cc(-c2ccc(F)cc2C(=O)O)ccc1Cl. The molecule has 0 saturated heterocycles. The number of hydrogen-bond donors (Lipinski definition) is 2. The molecule has 6 rings (SSSR count). The molecule has 6 heteroatoms. The van der Waals surface area contributed by atoms with E-state index in [1.165, 1.54) is 50.7 Å². The van der Waals surface area contributed by atoms with E-state index in [9.17, 15) is 19.1 Å². The first-order valence-electron chi connectivity index (χ1n) is 10.9. The second-order valence-corrected chi connectivity index (χ2v) is 10.2. The van der Waals surface area contributed by atoms with Gasteiger partial charge >= 0.3 is 5.97 Å². The molecule has 0 heterocycles. The summed E-state index contributed by atoms with van der Waals surface area (Å²) < 4.78 is 13.6. The summed E-state index contributed by atoms with van der Waals surface area (Å²) in [5, 5.41) is 12.9. The van der Waals surface area contributed by atoms with E-state index in [0.717, 1.165) is 23.8 Å². The van der Waals surface area contributed by atoms with Crippen LogP contribution in [0.15, 0.2) is 36.4 Å². The van der Waals surface area contributed by atoms with Gasteiger partial charge in [0.1, 0.15) is 5.82 Å². The summed E-state index contributed by atoms with van der Waals surface area (Å²) in [5.74, 6) is 0.330. The summed E-state index contributed by atoms with van der Waals surface area (Å²) >= 11 is 6.32. The van der Waals surface area contributed by atoms with Gasteiger partial charge < -0.3 is 10.4 Å². The maximum atomic E-state index is 13.6. The highest BCUT2D eigenvalue weighted by atomic mass is 35.5. The molecule has 0 atom stereocenters. The van der Waals surface area contributed by atoms with Crippen molar-refractivity contribution in [2.24, 2.45) is 23.2 Å². The molecule has 4 bridgehead atoms. The lowest BCUT2D eigenvalue weighted by molar-refractivity contribution is -0.0503. The van der Waals surface area contributed by atoms with Crippen LogP contribution >= 0.6 is 11.6 Å². The van der Waals surface area contributed by atoms with Crippen molar-refractivity contribution in [3.05, 3.63) is 58.4 Å². The van der Waals surface area contributed by atoms with Crippen molar-refractivity contribution in [3.63, 3.8) is 0 Å². The van der Waals surface area contributed by atoms with Crippen LogP contribution in [-0.2, 0) is 0 Å². The van der Waals surface area contributed by atoms with Crippen molar-refractivity contribution in [1.29, 1.82) is 0 Å². The van der Waals surface area contributed by atoms with Crippen LogP contribution in [0.3, 0.4) is 0 Å². The molecule has 0 unspecified atom stereocenters. The highest BCUT2D eigenvalue weighted by Crippen LogP contribution is 2.59. The molecular formula is C25H25ClFNO3. The third-order valence-corrected chi connectivity index (χ3v) is 7.85. The summed E-state index contributed by atoms with van der Waals surface area (Å²) in [6.07, 6.45) is 7.65. The van der Waals surface area contributed by atoms with Crippen molar-refractivity contribution in [1.82, 2.24) is 5.32 Å². The van der Waals surface area contributed by atoms with Crippen molar-refractivity contribution in [2.45, 2.75) is 38.5 Å². The molecule has 4 saturated carbocycles. The number of halogens is 2. The molecule has 4 aliphatic rings. The number of carboxylic acid groups (broad SMARTS) is 1. The molecular weight excluding hydrogens is 417 g/mol. The van der Waals surface area contributed by atoms with E-state index >= 15 is 0 Å². The molecule has 4 nitrogen and oxygen atoms in total. The third kappa shape index (κ3) is 3.84. The predicted molar refractivity (Wildman–Crippen MR) is 117 cm³/mol. The Morgan fingerprint density at radius 2 is 1.65 bits per heavy atom. The smallest absolute Gasteiger partial charge is 0.336 e. The quantitative estimate of drug-likeness (QED) is 0.617. The van der Waals surface area contributed by atoms with Crippen molar-refractivity contribution in [3.8, 4) is 11.1 Å². The molecule has 162 valence electrons. The minimum absolute atomic E-state index is 0.151. The Hall–Kier alpha value is -2.40. The number of carbonyl (C=O) groups is 2. The van der Waals surface area contributed by atoms with E-state index in [-0.39, 0.29) is 16.9 Å². The van der Waals surface area contributed by atoms with Gasteiger partial charge in [0.05, 0.1) is 16.1 Å². The molecule has 1 amide bonds. The summed E-state index contributed by atoms with van der Waals surface area (Å²) in [4.78, 5) is 24.6. The van der Waals surface area contributed by atoms with Gasteiger partial charge in [0, 0.05) is 6.54 Å². The van der Waals surface area contributed by atoms with Gasteiger partial charge in [-0.2, -0.15) is 0 Å². The van der Waals surface area contributed by atoms with Crippen molar-refractivity contribution >= 4 is 23.5 Å². The zero-order chi connectivity index (χ0) is 21.8. The number of aromatic carboxylic acids is 1. The van der Waals surface area contributed by atoms with Gasteiger partial charge in [-0.15, -0.1) is 0 Å². The van der Waals surface area contributed by atoms with E-state index in [1.807, 2.05) is 0 Å². The normalized spacial score (nSPS) is 28.5. The number of rotatable bonds is 5. The van der Waals surface area contributed by atoms with E-state index in [4.69, 9.17) is 11.6 Å². The Labute approximate surface area is 185 Å². The van der Waals surface area contributed by atoms with Crippen LogP contribution in [-0.4, -0.2) is 23.5 Å². The highest BCUT2D eigenvalue weighted by Gasteiger charge is 2.50. The van der Waals surface area contributed by atoms with Crippen molar-refractivity contribution < 1.29 is 19.1 Å². The molecule has 0 aliphatic heterocycles. The lowest BCUT2D eigenvalue weighted by atomic mass is 9.49. The van der Waals surface area contributed by atoms with E-state index in [1.54, 1.807) is 18.2 Å². The lowest BCUT2D eigenvalue weighted by Gasteiger charge is -2.56. The molecule has 0 spiro atoms. The van der Waals surface area contributed by atoms with E-state index < -0.39 is 11.8 Å². The molecule has 2 N–H and O–H groups in total. The summed E-state index contributed by atoms with van der Waals surface area (Å²) in [6, 6.07) is 8.45. The average molecular weight is 442 g/mol. The number of amides is 1. The van der Waals surface area contributed by atoms with Gasteiger partial charge in [-0.3, -0.25) is 4.79 Å². The van der Waals surface area contributed by atoms with Gasteiger partial charge in [0.2, 0.25) is 0 Å². The monoisotopic (exact) mass is 441 g/mol. The van der Waals surface area contributed by atoms with Crippen LogP contribution in [0.5, 0.6) is 0 Å². The number of carbonyl (C=O) groups excluding carboxylic acids is 1. The fourth-order valence-electron chi connectivity index (χ4n) is 6.68. The topological polar surface area (TPSA) is 66.4 Å². The van der Waals surface area contributed by atoms with Gasteiger partial charge in [0.25, 0.3) is 5.91 Å². The number of carboxylic acids is 1. The first-order chi connectivity index (χ1) is 14.8. The van der Waals surface area contributed by atoms with E-state index in [2.05, 4.69) is 5.32 Å². The second-order valence-electron chi connectivity index (χ2n) is 9.79. The molecule has 0 aromatic heterocycles. The van der Waals surface area contributed by atoms with Crippen LogP contribution in [0.25, 0.3) is 11.1 Å². The standard InChI is InChI=1S/C25H25ClFNO3/c26-22-4-1-17(19-3-2-18(27)9-20(19)24(30)31)8-21(22)23(29)28-13-25-10-14-5-15(11-25)7-16(6-14)12-25/h1-4,8-9,14-16H,5-7,10-13H2,(H,28,29)(H,30,31). The second kappa shape index (κ2) is 7.63. The van der Waals surface area contributed by atoms with Crippen LogP contribution in [0.1, 0.15) is 59.2 Å². The molecule has 31 heavy (non-hydrogen) atoms. The zero-order valence-electron chi connectivity index (χ0n) is 17.2. The Morgan fingerprint density at radius 3 is 2.26 bits per heavy atom. The number of benzene rings is 2. The first-order valence-corrected chi connectivity index (χ1v) is 11.3. The maximum Gasteiger partial charge on any atom is 0.336 e. The fraction of sp³-hybridized carbons (Fsp3) is 0.440. The highest BCUT2D eigenvalue weighted by molar-refractivity contribution is 6.34. The molecule has 4 fully saturated rings. The van der Waals surface area contributed by atoms with Crippen molar-refractivity contribution in [2.75, 3.05) is 6.54 Å². The van der Waals surface area contributed by atoms with Gasteiger partial charge in [-0.25, -0.2) is 9.18 Å². The van der Waals surface area contributed by atoms with E-state index in [0.29, 0.717) is 28.3 Å². The summed E-state index contributed by atoms with van der Waals surface area (Å²) in [7, 11) is 0. The average Bonchev–Trinajstić information content (AvgIpc) is 2.71. The minimum atomic E-state index is -1.22. The number of nitrogens with one attached hydrogen (secondary N) is 1. The molecule has 4 aliphatic carbocycles. The Bertz CT molecular complexity index is 1030. The maximum absolute atomic E-state index is 13.6. The molecule has 0 radical (unpaired) electrons. The van der Waals surface area contributed by atoms with Gasteiger partial charge in [-0.05, 0) is 97.1 Å². The summed E-state index contributed by atoms with van der Waals surface area (Å²) in [6.45, 7) is 0.660. The molecule has 2 aromatic carbocycles. The third-order valence-electron chi connectivity index (χ3n) is 7.52. The van der Waals surface area contributed by atoms with Gasteiger partial charge in [-0.1, -0.05) is 23.7 Å². The Balaban J connectivity index is 1.38. The fourth-order valence-corrected chi connectivity index (χ4v) is 6.88. The Kier molecular flexibility index (Phi) is 5.04. The van der Waals surface area contributed by atoms with Crippen LogP contribution in [0.4, 0.5) is 4.39 Å². The van der Waals surface area contributed by atoms with Crippen LogP contribution in [0, 0.1) is 29.0 Å². The van der Waals surface area contributed by atoms with Crippen LogP contribution < -0.4 is 5.32 Å². The molecule has 2 aromatic rings. The first kappa shape index (κ1) is 20.5. The zero-order valence-corrected chi connectivity index (χ0v) is 17.9. The minimum Gasteiger partial charge on any atom is -0.478 e.